The molecule has 1 atom stereocenters. The standard InChI is InChI=1S/C57H94O6/c1-4-7-10-13-16-19-22-25-27-28-29-30-31-33-35-38-41-44-47-50-56(59)62-53-54(52-61-55(58)49-46-43-40-37-34-24-21-18-15-12-9-6-3)63-57(60)51-48-45-42-39-36-32-26-23-20-17-14-11-8-5-2/h8-9,11-12,16-22,25-26,32,34,37,54H,4-7,10,13-15,23-24,27-31,33,35-36,38-53H2,1-3H3/b11-8-,12-9-,19-16-,20-17-,21-18-,25-22-,32-26-,37-34-. The second-order valence-corrected chi connectivity index (χ2v) is 16.7. The molecule has 0 spiro atoms. The molecule has 0 heterocycles. The Balaban J connectivity index is 4.43. The van der Waals surface area contributed by atoms with Crippen LogP contribution in [0.15, 0.2) is 97.2 Å². The van der Waals surface area contributed by atoms with Crippen LogP contribution in [0.5, 0.6) is 0 Å². The van der Waals surface area contributed by atoms with E-state index in [2.05, 4.69) is 118 Å². The molecule has 358 valence electrons. The Morgan fingerprint density at radius 2 is 0.667 bits per heavy atom. The van der Waals surface area contributed by atoms with E-state index in [0.717, 1.165) is 109 Å². The van der Waals surface area contributed by atoms with Crippen molar-refractivity contribution in [3.63, 3.8) is 0 Å². The minimum absolute atomic E-state index is 0.102. The predicted molar refractivity (Wildman–Crippen MR) is 270 cm³/mol. The number of carbonyl (C=O) groups excluding carboxylic acids is 3. The zero-order valence-corrected chi connectivity index (χ0v) is 40.8. The van der Waals surface area contributed by atoms with Crippen LogP contribution in [0.1, 0.15) is 226 Å². The molecule has 0 N–H and O–H groups in total. The summed E-state index contributed by atoms with van der Waals surface area (Å²) in [6.07, 6.45) is 66.8. The van der Waals surface area contributed by atoms with Crippen molar-refractivity contribution < 1.29 is 28.6 Å². The highest BCUT2D eigenvalue weighted by Crippen LogP contribution is 2.14. The quantitative estimate of drug-likeness (QED) is 0.0199. The van der Waals surface area contributed by atoms with Crippen LogP contribution < -0.4 is 0 Å². The molecular weight excluding hydrogens is 781 g/mol. The molecule has 0 radical (unpaired) electrons. The average molecular weight is 875 g/mol. The maximum atomic E-state index is 12.8. The average Bonchev–Trinajstić information content (AvgIpc) is 3.28. The Morgan fingerprint density at radius 1 is 0.349 bits per heavy atom. The fourth-order valence-electron chi connectivity index (χ4n) is 6.75. The van der Waals surface area contributed by atoms with E-state index in [1.807, 2.05) is 0 Å². The fourth-order valence-corrected chi connectivity index (χ4v) is 6.75. The first kappa shape index (κ1) is 59.3. The maximum absolute atomic E-state index is 12.8. The van der Waals surface area contributed by atoms with E-state index >= 15 is 0 Å². The number of hydrogen-bond acceptors (Lipinski definition) is 6. The van der Waals surface area contributed by atoms with Crippen LogP contribution in [0.2, 0.25) is 0 Å². The lowest BCUT2D eigenvalue weighted by atomic mass is 10.1. The van der Waals surface area contributed by atoms with Gasteiger partial charge in [-0.2, -0.15) is 0 Å². The zero-order chi connectivity index (χ0) is 45.8. The van der Waals surface area contributed by atoms with Gasteiger partial charge in [-0.1, -0.05) is 195 Å². The third-order valence-corrected chi connectivity index (χ3v) is 10.6. The maximum Gasteiger partial charge on any atom is 0.306 e. The highest BCUT2D eigenvalue weighted by molar-refractivity contribution is 5.71. The molecule has 63 heavy (non-hydrogen) atoms. The lowest BCUT2D eigenvalue weighted by molar-refractivity contribution is -0.167. The fraction of sp³-hybridized carbons (Fsp3) is 0.667. The van der Waals surface area contributed by atoms with E-state index in [1.54, 1.807) is 0 Å². The summed E-state index contributed by atoms with van der Waals surface area (Å²) in [7, 11) is 0. The van der Waals surface area contributed by atoms with Crippen molar-refractivity contribution in [1.82, 2.24) is 0 Å². The van der Waals surface area contributed by atoms with Gasteiger partial charge in [0, 0.05) is 19.3 Å². The Labute approximate surface area is 387 Å². The third kappa shape index (κ3) is 49.2. The zero-order valence-electron chi connectivity index (χ0n) is 40.8. The summed E-state index contributed by atoms with van der Waals surface area (Å²) in [5.74, 6) is -0.973. The summed E-state index contributed by atoms with van der Waals surface area (Å²) in [4.78, 5) is 37.9. The first-order valence-electron chi connectivity index (χ1n) is 25.8. The van der Waals surface area contributed by atoms with E-state index in [4.69, 9.17) is 14.2 Å². The number of rotatable bonds is 45. The lowest BCUT2D eigenvalue weighted by Gasteiger charge is -2.18. The second-order valence-electron chi connectivity index (χ2n) is 16.7. The first-order valence-corrected chi connectivity index (χ1v) is 25.8. The van der Waals surface area contributed by atoms with Crippen LogP contribution in [-0.4, -0.2) is 37.2 Å². The Kier molecular flexibility index (Phi) is 48.0. The van der Waals surface area contributed by atoms with Gasteiger partial charge in [-0.25, -0.2) is 0 Å². The third-order valence-electron chi connectivity index (χ3n) is 10.6. The monoisotopic (exact) mass is 875 g/mol. The summed E-state index contributed by atoms with van der Waals surface area (Å²) in [6, 6.07) is 0. The lowest BCUT2D eigenvalue weighted by Crippen LogP contribution is -2.30. The van der Waals surface area contributed by atoms with Gasteiger partial charge >= 0.3 is 17.9 Å². The highest BCUT2D eigenvalue weighted by atomic mass is 16.6. The summed E-state index contributed by atoms with van der Waals surface area (Å²) in [5, 5.41) is 0. The Bertz CT molecular complexity index is 1280. The smallest absolute Gasteiger partial charge is 0.306 e. The van der Waals surface area contributed by atoms with Crippen molar-refractivity contribution >= 4 is 17.9 Å². The van der Waals surface area contributed by atoms with E-state index in [1.165, 1.54) is 77.0 Å². The largest absolute Gasteiger partial charge is 0.462 e. The molecule has 6 heteroatoms. The molecule has 0 aromatic carbocycles. The summed E-state index contributed by atoms with van der Waals surface area (Å²) < 4.78 is 16.7. The van der Waals surface area contributed by atoms with E-state index < -0.39 is 6.10 Å². The van der Waals surface area contributed by atoms with Crippen LogP contribution in [0.4, 0.5) is 0 Å². The van der Waals surface area contributed by atoms with Gasteiger partial charge in [0.15, 0.2) is 6.10 Å². The molecule has 0 amide bonds. The minimum Gasteiger partial charge on any atom is -0.462 e. The van der Waals surface area contributed by atoms with Crippen molar-refractivity contribution in [2.75, 3.05) is 13.2 Å². The molecule has 0 aromatic heterocycles. The van der Waals surface area contributed by atoms with Crippen molar-refractivity contribution in [2.45, 2.75) is 232 Å². The molecule has 0 aliphatic rings. The van der Waals surface area contributed by atoms with E-state index in [9.17, 15) is 14.4 Å². The SMILES string of the molecule is CC/C=C\C/C=C\C/C=C\CCCCCCC(=O)OC(COC(=O)CCCC/C=C\C/C=C\C/C=C\CC)COC(=O)CCCCCCCCCCCC/C=C\C=C/CCCCC. The Hall–Kier alpha value is -3.67. The normalized spacial score (nSPS) is 12.9. The molecule has 0 bridgehead atoms. The molecule has 0 aromatic rings. The van der Waals surface area contributed by atoms with Gasteiger partial charge in [0.1, 0.15) is 13.2 Å². The number of carbonyl (C=O) groups is 3. The minimum atomic E-state index is -0.806. The van der Waals surface area contributed by atoms with Crippen LogP contribution in [0, 0.1) is 0 Å². The molecular formula is C57H94O6. The molecule has 1 unspecified atom stereocenters. The van der Waals surface area contributed by atoms with Gasteiger partial charge in [0.25, 0.3) is 0 Å². The topological polar surface area (TPSA) is 78.9 Å². The van der Waals surface area contributed by atoms with Crippen LogP contribution >= 0.6 is 0 Å². The van der Waals surface area contributed by atoms with Crippen LogP contribution in [0.25, 0.3) is 0 Å². The van der Waals surface area contributed by atoms with Gasteiger partial charge in [-0.05, 0) is 109 Å². The summed E-state index contributed by atoms with van der Waals surface area (Å²) >= 11 is 0. The van der Waals surface area contributed by atoms with Gasteiger partial charge in [-0.3, -0.25) is 14.4 Å². The number of hydrogen-bond donors (Lipinski definition) is 0. The molecule has 0 saturated heterocycles. The summed E-state index contributed by atoms with van der Waals surface area (Å²) in [5.41, 5.74) is 0. The number of allylic oxidation sites excluding steroid dienone is 16. The number of unbranched alkanes of at least 4 members (excludes halogenated alkanes) is 19. The molecule has 0 fully saturated rings. The van der Waals surface area contributed by atoms with Gasteiger partial charge in [-0.15, -0.1) is 0 Å². The molecule has 0 aliphatic heterocycles. The van der Waals surface area contributed by atoms with E-state index in [0.29, 0.717) is 19.3 Å². The van der Waals surface area contributed by atoms with Crippen molar-refractivity contribution in [3.8, 4) is 0 Å². The molecule has 0 aliphatic carbocycles. The number of esters is 3. The van der Waals surface area contributed by atoms with Crippen molar-refractivity contribution in [1.29, 1.82) is 0 Å². The van der Waals surface area contributed by atoms with Crippen molar-refractivity contribution in [2.24, 2.45) is 0 Å². The van der Waals surface area contributed by atoms with Crippen molar-refractivity contribution in [3.05, 3.63) is 97.2 Å². The first-order chi connectivity index (χ1) is 31.0. The summed E-state index contributed by atoms with van der Waals surface area (Å²) in [6.45, 7) is 6.31. The Morgan fingerprint density at radius 3 is 1.10 bits per heavy atom. The van der Waals surface area contributed by atoms with E-state index in [-0.39, 0.29) is 31.1 Å². The van der Waals surface area contributed by atoms with Gasteiger partial charge in [0.2, 0.25) is 0 Å². The predicted octanol–water partition coefficient (Wildman–Crippen LogP) is 17.0. The molecule has 6 nitrogen and oxygen atoms in total. The van der Waals surface area contributed by atoms with Crippen LogP contribution in [-0.2, 0) is 28.6 Å². The van der Waals surface area contributed by atoms with Gasteiger partial charge < -0.3 is 14.2 Å². The van der Waals surface area contributed by atoms with Gasteiger partial charge in [0.05, 0.1) is 0 Å². The number of ether oxygens (including phenoxy) is 3. The molecule has 0 saturated carbocycles. The molecule has 0 rings (SSSR count). The van der Waals surface area contributed by atoms with Crippen LogP contribution in [0.3, 0.4) is 0 Å². The second kappa shape index (κ2) is 51.0. The highest BCUT2D eigenvalue weighted by Gasteiger charge is 2.19.